The highest BCUT2D eigenvalue weighted by molar-refractivity contribution is 7.94. The predicted octanol–water partition coefficient (Wildman–Crippen LogP) is 6.28. The Morgan fingerprint density at radius 1 is 1.15 bits per heavy atom. The van der Waals surface area contributed by atoms with Gasteiger partial charge in [0, 0.05) is 24.7 Å². The quantitative estimate of drug-likeness (QED) is 0.407. The van der Waals surface area contributed by atoms with E-state index in [-0.39, 0.29) is 14.2 Å². The molecular formula is C23H22ClF3N2O3S2. The Labute approximate surface area is 205 Å². The number of ether oxygens (including phenoxy) is 1. The Kier molecular flexibility index (Phi) is 6.87. The van der Waals surface area contributed by atoms with Gasteiger partial charge in [-0.2, -0.15) is 13.2 Å². The second-order valence-electron chi connectivity index (χ2n) is 8.17. The average molecular weight is 531 g/mol. The highest BCUT2D eigenvalue weighted by Gasteiger charge is 2.36. The summed E-state index contributed by atoms with van der Waals surface area (Å²) in [7, 11) is -2.29. The summed E-state index contributed by atoms with van der Waals surface area (Å²) in [5.41, 5.74) is 1.00. The number of likely N-dealkylation sites (tertiary alicyclic amines) is 1. The van der Waals surface area contributed by atoms with E-state index >= 15 is 0 Å². The Morgan fingerprint density at radius 3 is 2.53 bits per heavy atom. The molecule has 1 aliphatic heterocycles. The van der Waals surface area contributed by atoms with Gasteiger partial charge in [-0.05, 0) is 49.7 Å². The van der Waals surface area contributed by atoms with Crippen molar-refractivity contribution in [2.24, 2.45) is 0 Å². The molecule has 11 heteroatoms. The highest BCUT2D eigenvalue weighted by atomic mass is 35.5. The molecule has 2 heterocycles. The fourth-order valence-corrected chi connectivity index (χ4v) is 6.83. The van der Waals surface area contributed by atoms with Crippen molar-refractivity contribution in [1.82, 2.24) is 4.90 Å². The number of sulfonamides is 1. The molecule has 2 aromatic carbocycles. The van der Waals surface area contributed by atoms with Crippen molar-refractivity contribution in [3.05, 3.63) is 64.0 Å². The summed E-state index contributed by atoms with van der Waals surface area (Å²) in [6, 6.07) is 11.8. The lowest BCUT2D eigenvalue weighted by molar-refractivity contribution is -0.139. The predicted molar refractivity (Wildman–Crippen MR) is 128 cm³/mol. The molecule has 0 aliphatic carbocycles. The van der Waals surface area contributed by atoms with Crippen LogP contribution in [-0.2, 0) is 16.2 Å². The summed E-state index contributed by atoms with van der Waals surface area (Å²) < 4.78 is 75.6. The third-order valence-corrected chi connectivity index (χ3v) is 8.71. The Bertz CT molecular complexity index is 1310. The number of aryl methyl sites for hydroxylation is 1. The zero-order valence-corrected chi connectivity index (χ0v) is 20.7. The van der Waals surface area contributed by atoms with Crippen LogP contribution >= 0.6 is 22.9 Å². The van der Waals surface area contributed by atoms with Gasteiger partial charge in [0.1, 0.15) is 16.1 Å². The van der Waals surface area contributed by atoms with E-state index < -0.39 is 33.6 Å². The first kappa shape index (κ1) is 24.8. The second kappa shape index (κ2) is 9.41. The highest BCUT2D eigenvalue weighted by Crippen LogP contribution is 2.41. The van der Waals surface area contributed by atoms with E-state index in [1.807, 2.05) is 31.0 Å². The number of likely N-dealkylation sites (N-methyl/N-ethyl adjacent to an activating group) is 1. The molecule has 34 heavy (non-hydrogen) atoms. The van der Waals surface area contributed by atoms with Gasteiger partial charge in [-0.15, -0.1) is 11.3 Å². The van der Waals surface area contributed by atoms with Crippen LogP contribution in [0.3, 0.4) is 0 Å². The summed E-state index contributed by atoms with van der Waals surface area (Å²) in [5, 5.41) is 0. The molecule has 4 rings (SSSR count). The van der Waals surface area contributed by atoms with E-state index in [2.05, 4.69) is 4.72 Å². The van der Waals surface area contributed by atoms with E-state index in [9.17, 15) is 21.6 Å². The van der Waals surface area contributed by atoms with Crippen LogP contribution in [0.1, 0.15) is 17.5 Å². The molecule has 182 valence electrons. The van der Waals surface area contributed by atoms with E-state index in [0.29, 0.717) is 30.6 Å². The van der Waals surface area contributed by atoms with Crippen molar-refractivity contribution >= 4 is 38.6 Å². The number of anilines is 1. The number of hydrogen-bond acceptors (Lipinski definition) is 5. The van der Waals surface area contributed by atoms with Gasteiger partial charge in [0.2, 0.25) is 0 Å². The second-order valence-corrected chi connectivity index (χ2v) is 11.7. The molecule has 0 unspecified atom stereocenters. The van der Waals surface area contributed by atoms with Crippen molar-refractivity contribution in [3.8, 4) is 16.9 Å². The fourth-order valence-electron chi connectivity index (χ4n) is 3.90. The van der Waals surface area contributed by atoms with Gasteiger partial charge in [-0.3, -0.25) is 4.72 Å². The van der Waals surface area contributed by atoms with Crippen LogP contribution in [-0.4, -0.2) is 39.6 Å². The summed E-state index contributed by atoms with van der Waals surface area (Å²) in [6.07, 6.45) is -4.48. The number of thiophene rings is 1. The fraction of sp³-hybridized carbons (Fsp3) is 0.304. The summed E-state index contributed by atoms with van der Waals surface area (Å²) in [4.78, 5) is 1.96. The topological polar surface area (TPSA) is 58.6 Å². The van der Waals surface area contributed by atoms with E-state index in [4.69, 9.17) is 16.3 Å². The van der Waals surface area contributed by atoms with Crippen LogP contribution in [0.25, 0.3) is 11.1 Å². The van der Waals surface area contributed by atoms with Crippen molar-refractivity contribution in [2.75, 3.05) is 24.9 Å². The maximum Gasteiger partial charge on any atom is 0.419 e. The van der Waals surface area contributed by atoms with Crippen molar-refractivity contribution < 1.29 is 26.3 Å². The number of halogens is 4. The van der Waals surface area contributed by atoms with E-state index in [1.54, 1.807) is 18.2 Å². The van der Waals surface area contributed by atoms with Gasteiger partial charge < -0.3 is 9.64 Å². The molecule has 1 aromatic heterocycles. The summed E-state index contributed by atoms with van der Waals surface area (Å²) in [6.45, 7) is 3.05. The number of nitrogens with one attached hydrogen (secondary N) is 1. The molecule has 0 saturated carbocycles. The standard InChI is InChI=1S/C23H22ClF3N2O3S2/c1-14-5-3-4-6-17(14)18-12-21(24)33-22(18)34(30,31)28-15-7-8-19(23(25,26)27)20(11-15)32-16-9-10-29(2)13-16/h3-8,11-12,16,28H,9-10,13H2,1-2H3/t16-/m1/s1. The smallest absolute Gasteiger partial charge is 0.419 e. The minimum absolute atomic E-state index is 0.0217. The Balaban J connectivity index is 1.69. The third-order valence-electron chi connectivity index (χ3n) is 5.53. The number of hydrogen-bond donors (Lipinski definition) is 1. The van der Waals surface area contributed by atoms with Gasteiger partial charge in [0.25, 0.3) is 10.0 Å². The molecule has 0 amide bonds. The summed E-state index contributed by atoms with van der Waals surface area (Å²) >= 11 is 7.04. The molecule has 5 nitrogen and oxygen atoms in total. The first-order chi connectivity index (χ1) is 15.9. The lowest BCUT2D eigenvalue weighted by atomic mass is 10.0. The number of rotatable bonds is 6. The van der Waals surface area contributed by atoms with Crippen LogP contribution < -0.4 is 9.46 Å². The first-order valence-corrected chi connectivity index (χ1v) is 13.1. The van der Waals surface area contributed by atoms with Gasteiger partial charge >= 0.3 is 6.18 Å². The van der Waals surface area contributed by atoms with E-state index in [1.165, 1.54) is 0 Å². The minimum Gasteiger partial charge on any atom is -0.488 e. The number of benzene rings is 2. The SMILES string of the molecule is Cc1ccccc1-c1cc(Cl)sc1S(=O)(=O)Nc1ccc(C(F)(F)F)c(O[C@@H]2CCN(C)C2)c1. The van der Waals surface area contributed by atoms with Crippen molar-refractivity contribution in [3.63, 3.8) is 0 Å². The molecule has 0 spiro atoms. The van der Waals surface area contributed by atoms with Gasteiger partial charge in [-0.25, -0.2) is 8.42 Å². The van der Waals surface area contributed by atoms with Crippen LogP contribution in [0, 0.1) is 6.92 Å². The molecule has 3 aromatic rings. The monoisotopic (exact) mass is 530 g/mol. The Hall–Kier alpha value is -2.27. The van der Waals surface area contributed by atoms with Crippen LogP contribution in [0.4, 0.5) is 18.9 Å². The van der Waals surface area contributed by atoms with E-state index in [0.717, 1.165) is 35.1 Å². The van der Waals surface area contributed by atoms with Crippen LogP contribution in [0.2, 0.25) is 4.34 Å². The molecular weight excluding hydrogens is 509 g/mol. The molecule has 1 atom stereocenters. The van der Waals surface area contributed by atoms with Crippen LogP contribution in [0.15, 0.2) is 52.7 Å². The molecule has 0 radical (unpaired) electrons. The molecule has 1 saturated heterocycles. The molecule has 1 fully saturated rings. The maximum atomic E-state index is 13.6. The Morgan fingerprint density at radius 2 is 1.88 bits per heavy atom. The maximum absolute atomic E-state index is 13.6. The minimum atomic E-state index is -4.64. The zero-order chi connectivity index (χ0) is 24.7. The molecule has 1 N–H and O–H groups in total. The number of alkyl halides is 3. The average Bonchev–Trinajstić information content (AvgIpc) is 3.33. The lowest BCUT2D eigenvalue weighted by Gasteiger charge is -2.19. The van der Waals surface area contributed by atoms with Gasteiger partial charge in [-0.1, -0.05) is 35.9 Å². The van der Waals surface area contributed by atoms with Crippen molar-refractivity contribution in [1.29, 1.82) is 0 Å². The first-order valence-electron chi connectivity index (χ1n) is 10.4. The third kappa shape index (κ3) is 5.35. The normalized spacial score (nSPS) is 17.2. The largest absolute Gasteiger partial charge is 0.488 e. The summed E-state index contributed by atoms with van der Waals surface area (Å²) in [5.74, 6) is -0.406. The van der Waals surface area contributed by atoms with Crippen molar-refractivity contribution in [2.45, 2.75) is 29.8 Å². The van der Waals surface area contributed by atoms with Crippen LogP contribution in [0.5, 0.6) is 5.75 Å². The number of nitrogens with zero attached hydrogens (tertiary/aromatic N) is 1. The lowest BCUT2D eigenvalue weighted by Crippen LogP contribution is -2.23. The van der Waals surface area contributed by atoms with Gasteiger partial charge in [0.15, 0.2) is 0 Å². The van der Waals surface area contributed by atoms with Gasteiger partial charge in [0.05, 0.1) is 15.6 Å². The molecule has 0 bridgehead atoms. The molecule has 1 aliphatic rings. The zero-order valence-electron chi connectivity index (χ0n) is 18.3.